The van der Waals surface area contributed by atoms with Crippen LogP contribution in [0.3, 0.4) is 0 Å². The van der Waals surface area contributed by atoms with Gasteiger partial charge in [-0.05, 0) is 41.3 Å². The van der Waals surface area contributed by atoms with Crippen molar-refractivity contribution in [3.8, 4) is 0 Å². The van der Waals surface area contributed by atoms with Crippen LogP contribution < -0.4 is 5.32 Å². The third kappa shape index (κ3) is 6.67. The summed E-state index contributed by atoms with van der Waals surface area (Å²) in [5.41, 5.74) is 0.923. The van der Waals surface area contributed by atoms with Gasteiger partial charge in [-0.1, -0.05) is 38.1 Å². The number of aromatic nitrogens is 3. The van der Waals surface area contributed by atoms with Gasteiger partial charge in [-0.2, -0.15) is 32.5 Å². The molecule has 1 aromatic heterocycles. The zero-order valence-electron chi connectivity index (χ0n) is 21.9. The molecule has 40 heavy (non-hydrogen) atoms. The summed E-state index contributed by atoms with van der Waals surface area (Å²) >= 11 is 0. The first kappa shape index (κ1) is 29.2. The SMILES string of the molecule is CC(C)c1ccc(CNC(=O)[C@H]2CN(C(=O)Cn3nccn3)CCN2S(=O)(=O)c2ccc(C(F)(F)F)cc2)cc1. The van der Waals surface area contributed by atoms with Gasteiger partial charge >= 0.3 is 6.18 Å². The molecule has 0 bridgehead atoms. The lowest BCUT2D eigenvalue weighted by Gasteiger charge is -2.39. The molecule has 1 N–H and O–H groups in total. The van der Waals surface area contributed by atoms with E-state index in [0.29, 0.717) is 18.1 Å². The minimum atomic E-state index is -4.63. The molecule has 214 valence electrons. The van der Waals surface area contributed by atoms with E-state index in [1.807, 2.05) is 24.3 Å². The third-order valence-electron chi connectivity index (χ3n) is 6.63. The summed E-state index contributed by atoms with van der Waals surface area (Å²) in [5, 5.41) is 10.5. The first-order chi connectivity index (χ1) is 18.9. The maximum atomic E-state index is 13.5. The van der Waals surface area contributed by atoms with E-state index >= 15 is 0 Å². The molecule has 1 atom stereocenters. The van der Waals surface area contributed by atoms with E-state index in [4.69, 9.17) is 0 Å². The Hall–Kier alpha value is -3.78. The number of halogens is 3. The Morgan fingerprint density at radius 3 is 2.20 bits per heavy atom. The second-order valence-corrected chi connectivity index (χ2v) is 11.6. The van der Waals surface area contributed by atoms with Gasteiger partial charge in [0.1, 0.15) is 12.6 Å². The van der Waals surface area contributed by atoms with Crippen molar-refractivity contribution in [1.82, 2.24) is 29.5 Å². The van der Waals surface area contributed by atoms with Gasteiger partial charge in [-0.25, -0.2) is 8.42 Å². The molecule has 2 aromatic carbocycles. The fourth-order valence-electron chi connectivity index (χ4n) is 4.32. The van der Waals surface area contributed by atoms with Crippen LogP contribution in [0.5, 0.6) is 0 Å². The highest BCUT2D eigenvalue weighted by atomic mass is 32.2. The zero-order valence-corrected chi connectivity index (χ0v) is 22.7. The Labute approximate surface area is 229 Å². The molecule has 1 aliphatic heterocycles. The molecule has 1 aliphatic rings. The first-order valence-electron chi connectivity index (χ1n) is 12.5. The van der Waals surface area contributed by atoms with Gasteiger partial charge in [0.05, 0.1) is 22.9 Å². The van der Waals surface area contributed by atoms with Gasteiger partial charge in [0, 0.05) is 26.2 Å². The summed E-state index contributed by atoms with van der Waals surface area (Å²) in [6, 6.07) is 9.38. The van der Waals surface area contributed by atoms with Crippen LogP contribution in [-0.4, -0.2) is 70.1 Å². The van der Waals surface area contributed by atoms with Crippen molar-refractivity contribution >= 4 is 21.8 Å². The van der Waals surface area contributed by atoms with E-state index < -0.39 is 39.6 Å². The van der Waals surface area contributed by atoms with Crippen LogP contribution in [0, 0.1) is 0 Å². The highest BCUT2D eigenvalue weighted by molar-refractivity contribution is 7.89. The van der Waals surface area contributed by atoms with Crippen LogP contribution in [0.25, 0.3) is 0 Å². The van der Waals surface area contributed by atoms with Crippen molar-refractivity contribution in [2.24, 2.45) is 0 Å². The molecular weight excluding hydrogens is 549 g/mol. The fraction of sp³-hybridized carbons (Fsp3) is 0.385. The number of rotatable bonds is 8. The highest BCUT2D eigenvalue weighted by Gasteiger charge is 2.41. The molecule has 1 fully saturated rings. The normalized spacial score (nSPS) is 16.8. The second-order valence-electron chi connectivity index (χ2n) is 9.67. The summed E-state index contributed by atoms with van der Waals surface area (Å²) in [6.07, 6.45) is -1.81. The molecule has 0 spiro atoms. The van der Waals surface area contributed by atoms with E-state index in [1.54, 1.807) is 0 Å². The molecule has 2 heterocycles. The molecule has 3 aromatic rings. The van der Waals surface area contributed by atoms with Gasteiger partial charge in [-0.15, -0.1) is 0 Å². The minimum absolute atomic E-state index is 0.0274. The number of nitrogens with one attached hydrogen (secondary N) is 1. The monoisotopic (exact) mass is 578 g/mol. The topological polar surface area (TPSA) is 118 Å². The maximum Gasteiger partial charge on any atom is 0.416 e. The summed E-state index contributed by atoms with van der Waals surface area (Å²) in [4.78, 5) is 28.4. The van der Waals surface area contributed by atoms with Crippen molar-refractivity contribution in [3.05, 3.63) is 77.6 Å². The Balaban J connectivity index is 1.56. The van der Waals surface area contributed by atoms with Gasteiger partial charge in [-0.3, -0.25) is 9.59 Å². The Kier molecular flexibility index (Phi) is 8.59. The number of carbonyl (C=O) groups is 2. The van der Waals surface area contributed by atoms with Crippen molar-refractivity contribution in [2.75, 3.05) is 19.6 Å². The predicted octanol–water partition coefficient (Wildman–Crippen LogP) is 2.64. The smallest absolute Gasteiger partial charge is 0.351 e. The van der Waals surface area contributed by atoms with Crippen LogP contribution in [0.2, 0.25) is 0 Å². The lowest BCUT2D eigenvalue weighted by Crippen LogP contribution is -2.61. The molecule has 1 saturated heterocycles. The summed E-state index contributed by atoms with van der Waals surface area (Å²) < 4.78 is 67.0. The third-order valence-corrected chi connectivity index (χ3v) is 8.55. The minimum Gasteiger partial charge on any atom is -0.351 e. The van der Waals surface area contributed by atoms with Crippen LogP contribution in [0.4, 0.5) is 13.2 Å². The molecule has 0 aliphatic carbocycles. The van der Waals surface area contributed by atoms with Crippen molar-refractivity contribution < 1.29 is 31.2 Å². The Morgan fingerprint density at radius 1 is 1.00 bits per heavy atom. The zero-order chi connectivity index (χ0) is 29.1. The quantitative estimate of drug-likeness (QED) is 0.439. The predicted molar refractivity (Wildman–Crippen MR) is 138 cm³/mol. The molecule has 0 saturated carbocycles. The van der Waals surface area contributed by atoms with Crippen LogP contribution in [0.15, 0.2) is 65.8 Å². The average molecular weight is 579 g/mol. The van der Waals surface area contributed by atoms with E-state index in [0.717, 1.165) is 27.6 Å². The summed E-state index contributed by atoms with van der Waals surface area (Å²) in [6.45, 7) is 3.52. The second kappa shape index (κ2) is 11.8. The van der Waals surface area contributed by atoms with Crippen molar-refractivity contribution in [2.45, 2.75) is 50.0 Å². The van der Waals surface area contributed by atoms with Gasteiger partial charge in [0.15, 0.2) is 0 Å². The fourth-order valence-corrected chi connectivity index (χ4v) is 5.89. The van der Waals surface area contributed by atoms with Gasteiger partial charge in [0.25, 0.3) is 0 Å². The van der Waals surface area contributed by atoms with Crippen LogP contribution >= 0.6 is 0 Å². The summed E-state index contributed by atoms with van der Waals surface area (Å²) in [7, 11) is -4.38. The van der Waals surface area contributed by atoms with E-state index in [2.05, 4.69) is 29.4 Å². The molecular formula is C26H29F3N6O4S. The summed E-state index contributed by atoms with van der Waals surface area (Å²) in [5.74, 6) is -0.724. The number of hydrogen-bond acceptors (Lipinski definition) is 6. The number of hydrogen-bond donors (Lipinski definition) is 1. The molecule has 0 unspecified atom stereocenters. The van der Waals surface area contributed by atoms with Crippen molar-refractivity contribution in [1.29, 1.82) is 0 Å². The Bertz CT molecular complexity index is 1430. The van der Waals surface area contributed by atoms with Crippen LogP contribution in [-0.2, 0) is 38.9 Å². The number of sulfonamides is 1. The number of alkyl halides is 3. The van der Waals surface area contributed by atoms with E-state index in [1.165, 1.54) is 22.1 Å². The first-order valence-corrected chi connectivity index (χ1v) is 14.0. The lowest BCUT2D eigenvalue weighted by atomic mass is 10.0. The maximum absolute atomic E-state index is 13.5. The van der Waals surface area contributed by atoms with Crippen LogP contribution in [0.1, 0.15) is 36.5 Å². The van der Waals surface area contributed by atoms with Gasteiger partial charge < -0.3 is 10.2 Å². The number of benzene rings is 2. The number of nitrogens with zero attached hydrogens (tertiary/aromatic N) is 5. The number of piperazine rings is 1. The molecule has 10 nitrogen and oxygen atoms in total. The molecule has 0 radical (unpaired) electrons. The Morgan fingerprint density at radius 2 is 1.62 bits per heavy atom. The van der Waals surface area contributed by atoms with E-state index in [9.17, 15) is 31.2 Å². The highest BCUT2D eigenvalue weighted by Crippen LogP contribution is 2.31. The molecule has 2 amide bonds. The van der Waals surface area contributed by atoms with Crippen molar-refractivity contribution in [3.63, 3.8) is 0 Å². The average Bonchev–Trinajstić information content (AvgIpc) is 3.44. The standard InChI is InChI=1S/C26H29F3N6O4S/c1-18(2)20-5-3-19(4-6-20)15-30-25(37)23-16-33(24(36)17-35-31-11-12-32-35)13-14-34(23)40(38,39)22-9-7-21(8-10-22)26(27,28)29/h3-12,18,23H,13-17H2,1-2H3,(H,30,37)/t23-/m1/s1. The molecule has 14 heteroatoms. The number of carbonyl (C=O) groups excluding carboxylic acids is 2. The number of amides is 2. The lowest BCUT2D eigenvalue weighted by molar-refractivity contribution is -0.138. The molecule has 4 rings (SSSR count). The van der Waals surface area contributed by atoms with Gasteiger partial charge in [0.2, 0.25) is 21.8 Å². The van der Waals surface area contributed by atoms with E-state index in [-0.39, 0.29) is 37.6 Å². The largest absolute Gasteiger partial charge is 0.416 e.